The highest BCUT2D eigenvalue weighted by molar-refractivity contribution is 6.30. The second-order valence-electron chi connectivity index (χ2n) is 5.12. The molecule has 0 aliphatic carbocycles. The third kappa shape index (κ3) is 7.05. The van der Waals surface area contributed by atoms with Gasteiger partial charge in [-0.15, -0.1) is 0 Å². The quantitative estimate of drug-likeness (QED) is 0.558. The maximum Gasteiger partial charge on any atom is 0.416 e. The van der Waals surface area contributed by atoms with Crippen molar-refractivity contribution in [1.29, 1.82) is 0 Å². The predicted octanol–water partition coefficient (Wildman–Crippen LogP) is 5.38. The molecular formula is C17H14ClF6NO. The number of carbonyl (C=O) groups excluding carboxylic acids is 1. The van der Waals surface area contributed by atoms with E-state index in [2.05, 4.69) is 0 Å². The Morgan fingerprint density at radius 2 is 1.35 bits per heavy atom. The monoisotopic (exact) mass is 397 g/mol. The van der Waals surface area contributed by atoms with Crippen molar-refractivity contribution in [2.75, 3.05) is 6.54 Å². The first-order valence-electron chi connectivity index (χ1n) is 7.16. The molecule has 0 aliphatic heterocycles. The summed E-state index contributed by atoms with van der Waals surface area (Å²) in [6.45, 7) is 0.696. The van der Waals surface area contributed by atoms with Gasteiger partial charge in [-0.05, 0) is 48.9 Å². The van der Waals surface area contributed by atoms with Gasteiger partial charge in [-0.3, -0.25) is 4.79 Å². The number of hydrogen-bond donors (Lipinski definition) is 1. The summed E-state index contributed by atoms with van der Waals surface area (Å²) in [6.07, 6.45) is -8.97. The summed E-state index contributed by atoms with van der Waals surface area (Å²) in [7, 11) is 0. The van der Waals surface area contributed by atoms with Crippen LogP contribution in [0.1, 0.15) is 27.0 Å². The Labute approximate surface area is 150 Å². The molecular weight excluding hydrogens is 384 g/mol. The summed E-state index contributed by atoms with van der Waals surface area (Å²) in [5.74, 6) is 0. The van der Waals surface area contributed by atoms with E-state index in [0.717, 1.165) is 11.4 Å². The minimum Gasteiger partial charge on any atom is -0.330 e. The molecule has 2 rings (SSSR count). The van der Waals surface area contributed by atoms with Crippen LogP contribution in [0.2, 0.25) is 5.02 Å². The maximum atomic E-state index is 12.2. The fourth-order valence-electron chi connectivity index (χ4n) is 1.86. The lowest BCUT2D eigenvalue weighted by atomic mass is 10.1. The zero-order chi connectivity index (χ0) is 20.0. The highest BCUT2D eigenvalue weighted by Gasteiger charge is 2.36. The van der Waals surface area contributed by atoms with Crippen LogP contribution in [0.4, 0.5) is 26.3 Å². The number of alkyl halides is 6. The van der Waals surface area contributed by atoms with E-state index in [1.54, 1.807) is 0 Å². The number of benzene rings is 2. The van der Waals surface area contributed by atoms with Crippen LogP contribution in [0.3, 0.4) is 0 Å². The molecule has 26 heavy (non-hydrogen) atoms. The highest BCUT2D eigenvalue weighted by atomic mass is 35.5. The van der Waals surface area contributed by atoms with Gasteiger partial charge in [-0.2, -0.15) is 26.3 Å². The van der Waals surface area contributed by atoms with E-state index in [1.807, 2.05) is 24.3 Å². The number of rotatable bonds is 3. The van der Waals surface area contributed by atoms with Crippen LogP contribution in [-0.4, -0.2) is 12.8 Å². The number of halogens is 7. The third-order valence-electron chi connectivity index (χ3n) is 3.09. The zero-order valence-electron chi connectivity index (χ0n) is 13.2. The van der Waals surface area contributed by atoms with E-state index >= 15 is 0 Å². The normalized spacial score (nSPS) is 11.5. The predicted molar refractivity (Wildman–Crippen MR) is 86.0 cm³/mol. The zero-order valence-corrected chi connectivity index (χ0v) is 13.9. The van der Waals surface area contributed by atoms with Gasteiger partial charge in [0.2, 0.25) is 0 Å². The molecule has 0 aliphatic rings. The first-order chi connectivity index (χ1) is 12.0. The Kier molecular flexibility index (Phi) is 7.65. The van der Waals surface area contributed by atoms with E-state index in [-0.39, 0.29) is 12.4 Å². The maximum absolute atomic E-state index is 12.2. The Hall–Kier alpha value is -2.06. The number of aldehydes is 1. The summed E-state index contributed by atoms with van der Waals surface area (Å²) in [4.78, 5) is 10.2. The first-order valence-corrected chi connectivity index (χ1v) is 7.54. The van der Waals surface area contributed by atoms with E-state index in [1.165, 1.54) is 5.56 Å². The molecule has 2 nitrogen and oxygen atoms in total. The summed E-state index contributed by atoms with van der Waals surface area (Å²) in [5, 5.41) is 0.778. The third-order valence-corrected chi connectivity index (χ3v) is 3.34. The molecule has 0 spiro atoms. The van der Waals surface area contributed by atoms with Crippen LogP contribution in [0, 0.1) is 0 Å². The van der Waals surface area contributed by atoms with Crippen LogP contribution in [0.25, 0.3) is 0 Å². The summed E-state index contributed by atoms with van der Waals surface area (Å²) in [5.41, 5.74) is 2.95. The standard InChI is InChI=1S/C9H4F6O.C8H10ClN/c10-8(11,12)6-1-5(4-16)2-7(3-6)9(13,14)15;9-8-3-1-7(2-4-8)5-6-10/h1-4H;1-4H,5-6,10H2. The van der Waals surface area contributed by atoms with Gasteiger partial charge in [0.25, 0.3) is 0 Å². The summed E-state index contributed by atoms with van der Waals surface area (Å²) < 4.78 is 73.1. The van der Waals surface area contributed by atoms with E-state index in [4.69, 9.17) is 17.3 Å². The van der Waals surface area contributed by atoms with Crippen LogP contribution in [0.5, 0.6) is 0 Å². The van der Waals surface area contributed by atoms with Crippen LogP contribution < -0.4 is 5.73 Å². The van der Waals surface area contributed by atoms with Crippen molar-refractivity contribution >= 4 is 17.9 Å². The second-order valence-corrected chi connectivity index (χ2v) is 5.56. The molecule has 142 valence electrons. The molecule has 2 N–H and O–H groups in total. The van der Waals surface area contributed by atoms with Gasteiger partial charge in [-0.1, -0.05) is 23.7 Å². The lowest BCUT2D eigenvalue weighted by Gasteiger charge is -2.12. The Morgan fingerprint density at radius 3 is 1.69 bits per heavy atom. The number of carbonyl (C=O) groups is 1. The van der Waals surface area contributed by atoms with E-state index in [0.29, 0.717) is 18.7 Å². The van der Waals surface area contributed by atoms with Gasteiger partial charge in [0.15, 0.2) is 0 Å². The molecule has 9 heteroatoms. The van der Waals surface area contributed by atoms with Gasteiger partial charge in [0.1, 0.15) is 6.29 Å². The first kappa shape index (κ1) is 22.0. The van der Waals surface area contributed by atoms with Crippen LogP contribution in [0.15, 0.2) is 42.5 Å². The van der Waals surface area contributed by atoms with Gasteiger partial charge < -0.3 is 5.73 Å². The van der Waals surface area contributed by atoms with Crippen LogP contribution >= 0.6 is 11.6 Å². The van der Waals surface area contributed by atoms with Crippen molar-refractivity contribution in [3.63, 3.8) is 0 Å². The van der Waals surface area contributed by atoms with E-state index < -0.39 is 29.0 Å². The number of hydrogen-bond acceptors (Lipinski definition) is 2. The fourth-order valence-corrected chi connectivity index (χ4v) is 1.99. The van der Waals surface area contributed by atoms with Crippen molar-refractivity contribution < 1.29 is 31.1 Å². The molecule has 0 amide bonds. The summed E-state index contributed by atoms with van der Waals surface area (Å²) >= 11 is 5.68. The van der Waals surface area contributed by atoms with Gasteiger partial charge in [0, 0.05) is 10.6 Å². The molecule has 2 aromatic rings. The van der Waals surface area contributed by atoms with E-state index in [9.17, 15) is 31.1 Å². The van der Waals surface area contributed by atoms with Gasteiger partial charge in [0.05, 0.1) is 11.1 Å². The SMILES string of the molecule is NCCc1ccc(Cl)cc1.O=Cc1cc(C(F)(F)F)cc(C(F)(F)F)c1. The molecule has 2 aromatic carbocycles. The summed E-state index contributed by atoms with van der Waals surface area (Å²) in [6, 6.07) is 8.45. The van der Waals surface area contributed by atoms with Crippen LogP contribution in [-0.2, 0) is 18.8 Å². The molecule has 0 bridgehead atoms. The van der Waals surface area contributed by atoms with Crippen molar-refractivity contribution in [1.82, 2.24) is 0 Å². The van der Waals surface area contributed by atoms with Crippen molar-refractivity contribution in [3.05, 3.63) is 69.7 Å². The lowest BCUT2D eigenvalue weighted by molar-refractivity contribution is -0.143. The highest BCUT2D eigenvalue weighted by Crippen LogP contribution is 2.35. The molecule has 0 radical (unpaired) electrons. The molecule has 0 unspecified atom stereocenters. The molecule has 0 heterocycles. The second kappa shape index (κ2) is 9.05. The molecule has 0 aromatic heterocycles. The van der Waals surface area contributed by atoms with Crippen molar-refractivity contribution in [2.24, 2.45) is 5.73 Å². The van der Waals surface area contributed by atoms with Gasteiger partial charge >= 0.3 is 12.4 Å². The molecule has 0 saturated heterocycles. The lowest BCUT2D eigenvalue weighted by Crippen LogP contribution is -2.11. The Morgan fingerprint density at radius 1 is 0.885 bits per heavy atom. The average Bonchev–Trinajstić information content (AvgIpc) is 2.56. The van der Waals surface area contributed by atoms with Crippen molar-refractivity contribution in [2.45, 2.75) is 18.8 Å². The molecule has 0 atom stereocenters. The number of nitrogens with two attached hydrogens (primary N) is 1. The smallest absolute Gasteiger partial charge is 0.330 e. The topological polar surface area (TPSA) is 43.1 Å². The largest absolute Gasteiger partial charge is 0.416 e. The minimum atomic E-state index is -4.92. The molecule has 0 fully saturated rings. The Balaban J connectivity index is 0.000000289. The van der Waals surface area contributed by atoms with Crippen molar-refractivity contribution in [3.8, 4) is 0 Å². The van der Waals surface area contributed by atoms with Gasteiger partial charge in [-0.25, -0.2) is 0 Å². The fraction of sp³-hybridized carbons (Fsp3) is 0.235. The molecule has 0 saturated carbocycles. The Bertz CT molecular complexity index is 693. The minimum absolute atomic E-state index is 0.0347. The average molecular weight is 398 g/mol.